The summed E-state index contributed by atoms with van der Waals surface area (Å²) in [5, 5.41) is 17.1. The summed E-state index contributed by atoms with van der Waals surface area (Å²) < 4.78 is 5.28. The second kappa shape index (κ2) is 10.4. The quantitative estimate of drug-likeness (QED) is 0.582. The molecule has 1 N–H and O–H groups in total. The monoisotopic (exact) mass is 227 g/mol. The highest BCUT2D eigenvalue weighted by Gasteiger charge is 2.15. The lowest BCUT2D eigenvalue weighted by Gasteiger charge is -2.05. The Balaban J connectivity index is 3.27. The highest BCUT2D eigenvalue weighted by atomic mass is 16.5. The van der Waals surface area contributed by atoms with E-state index < -0.39 is 11.9 Å². The Bertz CT molecular complexity index is 223. The minimum absolute atomic E-state index is 0.279. The molecule has 0 aromatic heterocycles. The molecule has 0 saturated carbocycles. The lowest BCUT2D eigenvalue weighted by Crippen LogP contribution is -2.14. The van der Waals surface area contributed by atoms with Crippen molar-refractivity contribution in [3.63, 3.8) is 0 Å². The Labute approximate surface area is 97.2 Å². The number of hydrogen-bond acceptors (Lipinski definition) is 3. The van der Waals surface area contributed by atoms with Gasteiger partial charge in [-0.15, -0.1) is 0 Å². The first-order valence-corrected chi connectivity index (χ1v) is 5.92. The predicted octanol–water partition coefficient (Wildman–Crippen LogP) is 2.59. The lowest BCUT2D eigenvalue weighted by atomic mass is 10.1. The van der Waals surface area contributed by atoms with Crippen LogP contribution in [0.3, 0.4) is 0 Å². The first-order valence-electron chi connectivity index (χ1n) is 5.92. The van der Waals surface area contributed by atoms with Gasteiger partial charge in [-0.2, -0.15) is 5.26 Å². The molecule has 0 heterocycles. The summed E-state index contributed by atoms with van der Waals surface area (Å²) >= 11 is 0. The fraction of sp³-hybridized carbons (Fsp3) is 0.833. The number of nitriles is 1. The van der Waals surface area contributed by atoms with Crippen molar-refractivity contribution in [3.8, 4) is 6.07 Å². The Morgan fingerprint density at radius 2 is 2.00 bits per heavy atom. The number of carbonyl (C=O) groups is 1. The molecular formula is C12H21NO3. The molecule has 92 valence electrons. The zero-order valence-corrected chi connectivity index (χ0v) is 9.95. The van der Waals surface area contributed by atoms with Crippen molar-refractivity contribution in [2.75, 3.05) is 13.2 Å². The van der Waals surface area contributed by atoms with E-state index in [-0.39, 0.29) is 6.42 Å². The smallest absolute Gasteiger partial charge is 0.320 e. The molecular weight excluding hydrogens is 206 g/mol. The molecule has 0 saturated heterocycles. The third-order valence-electron chi connectivity index (χ3n) is 2.40. The van der Waals surface area contributed by atoms with Crippen molar-refractivity contribution in [1.82, 2.24) is 0 Å². The van der Waals surface area contributed by atoms with Crippen molar-refractivity contribution < 1.29 is 14.6 Å². The van der Waals surface area contributed by atoms with Crippen LogP contribution in [-0.4, -0.2) is 24.3 Å². The van der Waals surface area contributed by atoms with E-state index in [1.54, 1.807) is 6.07 Å². The molecule has 0 aliphatic heterocycles. The molecule has 0 spiro atoms. The first kappa shape index (κ1) is 14.9. The largest absolute Gasteiger partial charge is 0.480 e. The maximum absolute atomic E-state index is 10.5. The van der Waals surface area contributed by atoms with Crippen molar-refractivity contribution in [1.29, 1.82) is 5.26 Å². The minimum atomic E-state index is -1.06. The van der Waals surface area contributed by atoms with Gasteiger partial charge in [0.15, 0.2) is 0 Å². The first-order chi connectivity index (χ1) is 7.72. The summed E-state index contributed by atoms with van der Waals surface area (Å²) in [6.45, 7) is 3.20. The summed E-state index contributed by atoms with van der Waals surface area (Å²) in [6, 6.07) is 1.74. The van der Waals surface area contributed by atoms with Gasteiger partial charge in [-0.05, 0) is 12.8 Å². The van der Waals surface area contributed by atoms with E-state index in [1.165, 1.54) is 19.3 Å². The molecule has 1 unspecified atom stereocenters. The summed E-state index contributed by atoms with van der Waals surface area (Å²) in [6.07, 6.45) is 6.17. The van der Waals surface area contributed by atoms with Crippen molar-refractivity contribution in [2.24, 2.45) is 5.92 Å². The van der Waals surface area contributed by atoms with Gasteiger partial charge in [-0.3, -0.25) is 4.79 Å². The highest BCUT2D eigenvalue weighted by molar-refractivity contribution is 5.72. The van der Waals surface area contributed by atoms with Crippen molar-refractivity contribution in [3.05, 3.63) is 0 Å². The van der Waals surface area contributed by atoms with Crippen LogP contribution in [-0.2, 0) is 9.53 Å². The summed E-state index contributed by atoms with van der Waals surface area (Å²) in [7, 11) is 0. The van der Waals surface area contributed by atoms with Crippen LogP contribution in [0.25, 0.3) is 0 Å². The molecule has 0 aromatic carbocycles. The second-order valence-electron chi connectivity index (χ2n) is 3.84. The van der Waals surface area contributed by atoms with Crippen LogP contribution in [0.4, 0.5) is 0 Å². The molecule has 0 aliphatic rings. The van der Waals surface area contributed by atoms with Gasteiger partial charge < -0.3 is 9.84 Å². The SMILES string of the molecule is CCCCCCCOCCC(C#N)C(=O)O. The van der Waals surface area contributed by atoms with Gasteiger partial charge in [-0.1, -0.05) is 32.6 Å². The third kappa shape index (κ3) is 8.25. The number of nitrogens with zero attached hydrogens (tertiary/aromatic N) is 1. The van der Waals surface area contributed by atoms with E-state index in [0.717, 1.165) is 12.8 Å². The maximum atomic E-state index is 10.5. The van der Waals surface area contributed by atoms with Gasteiger partial charge in [0.25, 0.3) is 0 Å². The van der Waals surface area contributed by atoms with Gasteiger partial charge in [0, 0.05) is 13.2 Å². The van der Waals surface area contributed by atoms with Crippen molar-refractivity contribution in [2.45, 2.75) is 45.4 Å². The number of carboxylic acids is 1. The standard InChI is InChI=1S/C12H21NO3/c1-2-3-4-5-6-8-16-9-7-11(10-13)12(14)15/h11H,2-9H2,1H3,(H,14,15). The maximum Gasteiger partial charge on any atom is 0.320 e. The van der Waals surface area contributed by atoms with Crippen LogP contribution in [0.15, 0.2) is 0 Å². The Hall–Kier alpha value is -1.08. The second-order valence-corrected chi connectivity index (χ2v) is 3.84. The van der Waals surface area contributed by atoms with E-state index in [9.17, 15) is 4.79 Å². The third-order valence-corrected chi connectivity index (χ3v) is 2.40. The van der Waals surface area contributed by atoms with Crippen LogP contribution in [0.1, 0.15) is 45.4 Å². The molecule has 0 radical (unpaired) electrons. The van der Waals surface area contributed by atoms with Crippen LogP contribution in [0.5, 0.6) is 0 Å². The number of aliphatic carboxylic acids is 1. The highest BCUT2D eigenvalue weighted by Crippen LogP contribution is 2.04. The van der Waals surface area contributed by atoms with Crippen LogP contribution in [0, 0.1) is 17.2 Å². The fourth-order valence-corrected chi connectivity index (χ4v) is 1.35. The van der Waals surface area contributed by atoms with Gasteiger partial charge in [0.1, 0.15) is 5.92 Å². The number of rotatable bonds is 10. The fourth-order valence-electron chi connectivity index (χ4n) is 1.35. The predicted molar refractivity (Wildman–Crippen MR) is 60.9 cm³/mol. The van der Waals surface area contributed by atoms with E-state index in [2.05, 4.69) is 6.92 Å². The molecule has 16 heavy (non-hydrogen) atoms. The summed E-state index contributed by atoms with van der Waals surface area (Å²) in [5.41, 5.74) is 0. The Morgan fingerprint density at radius 3 is 2.56 bits per heavy atom. The number of hydrogen-bond donors (Lipinski definition) is 1. The molecule has 1 atom stereocenters. The van der Waals surface area contributed by atoms with E-state index in [0.29, 0.717) is 13.2 Å². The molecule has 0 aromatic rings. The number of carboxylic acid groups (broad SMARTS) is 1. The zero-order chi connectivity index (χ0) is 12.2. The van der Waals surface area contributed by atoms with Gasteiger partial charge in [0.05, 0.1) is 6.07 Å². The van der Waals surface area contributed by atoms with Crippen LogP contribution < -0.4 is 0 Å². The van der Waals surface area contributed by atoms with Crippen molar-refractivity contribution >= 4 is 5.97 Å². The zero-order valence-electron chi connectivity index (χ0n) is 9.95. The van der Waals surface area contributed by atoms with E-state index >= 15 is 0 Å². The Kier molecular flexibility index (Phi) is 9.73. The Morgan fingerprint density at radius 1 is 1.31 bits per heavy atom. The topological polar surface area (TPSA) is 70.3 Å². The molecule has 0 amide bonds. The van der Waals surface area contributed by atoms with Gasteiger partial charge in [0.2, 0.25) is 0 Å². The molecule has 0 bridgehead atoms. The minimum Gasteiger partial charge on any atom is -0.480 e. The number of unbranched alkanes of at least 4 members (excludes halogenated alkanes) is 4. The van der Waals surface area contributed by atoms with Gasteiger partial charge >= 0.3 is 5.97 Å². The van der Waals surface area contributed by atoms with Crippen LogP contribution in [0.2, 0.25) is 0 Å². The van der Waals surface area contributed by atoms with Gasteiger partial charge in [-0.25, -0.2) is 0 Å². The summed E-state index contributed by atoms with van der Waals surface area (Å²) in [4.78, 5) is 10.5. The van der Waals surface area contributed by atoms with E-state index in [1.807, 2.05) is 0 Å². The average molecular weight is 227 g/mol. The molecule has 4 nitrogen and oxygen atoms in total. The number of ether oxygens (including phenoxy) is 1. The van der Waals surface area contributed by atoms with Crippen LogP contribution >= 0.6 is 0 Å². The molecule has 0 rings (SSSR count). The van der Waals surface area contributed by atoms with E-state index in [4.69, 9.17) is 15.1 Å². The molecule has 0 aliphatic carbocycles. The average Bonchev–Trinajstić information content (AvgIpc) is 2.26. The molecule has 4 heteroatoms. The lowest BCUT2D eigenvalue weighted by molar-refractivity contribution is -0.140. The molecule has 0 fully saturated rings. The normalized spacial score (nSPS) is 12.0. The summed E-state index contributed by atoms with van der Waals surface area (Å²) in [5.74, 6) is -1.99.